The molecular weight excluding hydrogens is 404 g/mol. The molecule has 0 aromatic carbocycles. The van der Waals surface area contributed by atoms with Crippen molar-refractivity contribution in [3.63, 3.8) is 0 Å². The van der Waals surface area contributed by atoms with Crippen molar-refractivity contribution in [1.29, 1.82) is 0 Å². The van der Waals surface area contributed by atoms with Gasteiger partial charge in [0, 0.05) is 25.1 Å². The first-order valence-electron chi connectivity index (χ1n) is 10.7. The first-order chi connectivity index (χ1) is 14.5. The number of nitrogens with one attached hydrogen (secondary N) is 1. The number of aromatic nitrogens is 1. The number of aliphatic hydroxyl groups is 2. The van der Waals surface area contributed by atoms with Crippen LogP contribution in [0.3, 0.4) is 0 Å². The van der Waals surface area contributed by atoms with Crippen molar-refractivity contribution in [2.75, 3.05) is 13.7 Å². The molecule has 2 aliphatic rings. The summed E-state index contributed by atoms with van der Waals surface area (Å²) in [5.41, 5.74) is 0.775. The second kappa shape index (κ2) is 11.5. The maximum absolute atomic E-state index is 13.2. The number of hydrogen-bond acceptors (Lipinski definition) is 4. The van der Waals surface area contributed by atoms with Crippen molar-refractivity contribution in [2.45, 2.75) is 70.4 Å². The molecule has 0 radical (unpaired) electrons. The predicted molar refractivity (Wildman–Crippen MR) is 122 cm³/mol. The molecule has 1 aromatic rings. The van der Waals surface area contributed by atoms with Crippen molar-refractivity contribution in [3.8, 4) is 0 Å². The third-order valence-electron chi connectivity index (χ3n) is 5.74. The summed E-state index contributed by atoms with van der Waals surface area (Å²) in [6.07, 6.45) is 12.6. The Labute approximate surface area is 183 Å². The first kappa shape index (κ1) is 24.4. The first-order valence-corrected chi connectivity index (χ1v) is 11.1. The molecule has 2 aliphatic carbocycles. The highest BCUT2D eigenvalue weighted by Crippen LogP contribution is 2.28. The third-order valence-corrected chi connectivity index (χ3v) is 6.00. The van der Waals surface area contributed by atoms with E-state index < -0.39 is 11.4 Å². The summed E-state index contributed by atoms with van der Waals surface area (Å²) < 4.78 is 1.66. The van der Waals surface area contributed by atoms with E-state index in [1.807, 2.05) is 18.2 Å². The number of rotatable bonds is 6. The van der Waals surface area contributed by atoms with Crippen LogP contribution in [0.25, 0.3) is 12.2 Å². The van der Waals surface area contributed by atoms with Crippen LogP contribution >= 0.6 is 11.6 Å². The quantitative estimate of drug-likeness (QED) is 0.634. The van der Waals surface area contributed by atoms with Crippen LogP contribution in [0.2, 0.25) is 0 Å². The van der Waals surface area contributed by atoms with E-state index in [1.165, 1.54) is 0 Å². The second-order valence-electron chi connectivity index (χ2n) is 7.86. The molecule has 3 rings (SSSR count). The zero-order valence-corrected chi connectivity index (χ0v) is 18.7. The van der Waals surface area contributed by atoms with Gasteiger partial charge in [0.15, 0.2) is 0 Å². The molecule has 0 saturated heterocycles. The number of halogens is 1. The number of amides is 1. The average Bonchev–Trinajstić information content (AvgIpc) is 2.95. The zero-order chi connectivity index (χ0) is 22.1. The lowest BCUT2D eigenvalue weighted by molar-refractivity contribution is 0.0756. The molecule has 1 saturated carbocycles. The lowest BCUT2D eigenvalue weighted by atomic mass is 9.82. The topological polar surface area (TPSA) is 91.6 Å². The lowest BCUT2D eigenvalue weighted by Gasteiger charge is -2.36. The summed E-state index contributed by atoms with van der Waals surface area (Å²) >= 11 is 6.26. The van der Waals surface area contributed by atoms with E-state index in [9.17, 15) is 14.7 Å². The fourth-order valence-corrected chi connectivity index (χ4v) is 4.26. The number of nitrogens with zero attached hydrogens (tertiary/aromatic N) is 1. The van der Waals surface area contributed by atoms with Gasteiger partial charge in [-0.3, -0.25) is 9.59 Å². The molecule has 166 valence electrons. The molecule has 0 aliphatic heterocycles. The predicted octanol–water partition coefficient (Wildman–Crippen LogP) is 3.68. The van der Waals surface area contributed by atoms with Crippen molar-refractivity contribution in [2.24, 2.45) is 0 Å². The molecule has 6 nitrogen and oxygen atoms in total. The Bertz CT molecular complexity index is 851. The van der Waals surface area contributed by atoms with E-state index in [-0.39, 0.29) is 17.7 Å². The minimum Gasteiger partial charge on any atom is -0.400 e. The van der Waals surface area contributed by atoms with Gasteiger partial charge >= 0.3 is 0 Å². The maximum atomic E-state index is 13.2. The Hall–Kier alpha value is -1.89. The molecular formula is C23H33ClN2O4. The summed E-state index contributed by atoms with van der Waals surface area (Å²) in [6.45, 7) is 2.50. The van der Waals surface area contributed by atoms with E-state index in [0.29, 0.717) is 18.0 Å². The summed E-state index contributed by atoms with van der Waals surface area (Å²) in [6, 6.07) is 1.66. The fraction of sp³-hybridized carbons (Fsp3) is 0.565. The Morgan fingerprint density at radius 2 is 1.97 bits per heavy atom. The van der Waals surface area contributed by atoms with Gasteiger partial charge in [0.2, 0.25) is 0 Å². The molecule has 7 heteroatoms. The molecule has 1 amide bonds. The maximum Gasteiger partial charge on any atom is 0.263 e. The number of carbonyl (C=O) groups is 1. The van der Waals surface area contributed by atoms with Gasteiger partial charge in [-0.15, -0.1) is 0 Å². The molecule has 0 atom stereocenters. The Kier molecular flexibility index (Phi) is 9.34. The van der Waals surface area contributed by atoms with E-state index in [1.54, 1.807) is 10.6 Å². The van der Waals surface area contributed by atoms with Crippen molar-refractivity contribution >= 4 is 29.7 Å². The normalized spacial score (nSPS) is 17.2. The highest BCUT2D eigenvalue weighted by atomic mass is 35.5. The van der Waals surface area contributed by atoms with Crippen LogP contribution in [-0.2, 0) is 6.54 Å². The van der Waals surface area contributed by atoms with Gasteiger partial charge in [-0.2, -0.15) is 0 Å². The van der Waals surface area contributed by atoms with E-state index in [2.05, 4.69) is 12.2 Å². The SMILES string of the molecule is CCCCn1c2c(cc(C(=O)NC3(CO)CCCCC3)c1=O)C=CCC(Cl)=C2.CO. The van der Waals surface area contributed by atoms with E-state index in [4.69, 9.17) is 16.7 Å². The Balaban J connectivity index is 0.00000155. The molecule has 1 aromatic heterocycles. The molecule has 1 heterocycles. The molecule has 30 heavy (non-hydrogen) atoms. The monoisotopic (exact) mass is 436 g/mol. The van der Waals surface area contributed by atoms with Gasteiger partial charge in [-0.25, -0.2) is 0 Å². The highest BCUT2D eigenvalue weighted by Gasteiger charge is 2.34. The van der Waals surface area contributed by atoms with Crippen LogP contribution < -0.4 is 10.9 Å². The largest absolute Gasteiger partial charge is 0.400 e. The van der Waals surface area contributed by atoms with Gasteiger partial charge in [-0.05, 0) is 37.0 Å². The van der Waals surface area contributed by atoms with E-state index >= 15 is 0 Å². The second-order valence-corrected chi connectivity index (χ2v) is 8.35. The number of pyridine rings is 1. The number of carbonyl (C=O) groups excluding carboxylic acids is 1. The number of hydrogen-bond donors (Lipinski definition) is 3. The molecule has 0 bridgehead atoms. The van der Waals surface area contributed by atoms with E-state index in [0.717, 1.165) is 63.3 Å². The van der Waals surface area contributed by atoms with Gasteiger partial charge in [0.05, 0.1) is 17.8 Å². The van der Waals surface area contributed by atoms with Crippen molar-refractivity contribution in [3.05, 3.63) is 44.3 Å². The highest BCUT2D eigenvalue weighted by molar-refractivity contribution is 6.31. The fourth-order valence-electron chi connectivity index (χ4n) is 4.06. The minimum atomic E-state index is -0.623. The molecule has 0 unspecified atom stereocenters. The molecule has 3 N–H and O–H groups in total. The third kappa shape index (κ3) is 5.62. The van der Waals surface area contributed by atoms with Crippen LogP contribution in [0.5, 0.6) is 0 Å². The van der Waals surface area contributed by atoms with Crippen LogP contribution in [0.4, 0.5) is 0 Å². The number of allylic oxidation sites excluding steroid dienone is 2. The average molecular weight is 437 g/mol. The van der Waals surface area contributed by atoms with Crippen LogP contribution in [0.15, 0.2) is 22.0 Å². The van der Waals surface area contributed by atoms with Crippen molar-refractivity contribution < 1.29 is 15.0 Å². The summed E-state index contributed by atoms with van der Waals surface area (Å²) in [5.74, 6) is -0.401. The number of unbranched alkanes of at least 4 members (excludes halogenated alkanes) is 1. The van der Waals surface area contributed by atoms with Crippen LogP contribution in [0.1, 0.15) is 79.9 Å². The van der Waals surface area contributed by atoms with Gasteiger partial charge in [0.1, 0.15) is 5.56 Å². The summed E-state index contributed by atoms with van der Waals surface area (Å²) in [5, 5.41) is 20.6. The summed E-state index contributed by atoms with van der Waals surface area (Å²) in [4.78, 5) is 26.2. The van der Waals surface area contributed by atoms with Crippen LogP contribution in [-0.4, -0.2) is 39.9 Å². The van der Waals surface area contributed by atoms with Gasteiger partial charge < -0.3 is 20.1 Å². The number of fused-ring (bicyclic) bond motifs is 1. The smallest absolute Gasteiger partial charge is 0.263 e. The standard InChI is InChI=1S/C22H29ClN2O3.CH4O/c1-2-3-12-25-19-14-17(23)9-7-8-16(19)13-18(21(25)28)20(27)24-22(15-26)10-5-4-6-11-22;1-2/h7-8,13-14,26H,2-6,9-12,15H2,1H3,(H,24,27);2H,1H3. The lowest BCUT2D eigenvalue weighted by Crippen LogP contribution is -2.53. The Morgan fingerprint density at radius 3 is 2.60 bits per heavy atom. The van der Waals surface area contributed by atoms with Crippen LogP contribution in [0, 0.1) is 0 Å². The minimum absolute atomic E-state index is 0.105. The summed E-state index contributed by atoms with van der Waals surface area (Å²) in [7, 11) is 1.00. The molecule has 1 fully saturated rings. The molecule has 0 spiro atoms. The van der Waals surface area contributed by atoms with Gasteiger partial charge in [-0.1, -0.05) is 56.4 Å². The van der Waals surface area contributed by atoms with Gasteiger partial charge in [0.25, 0.3) is 11.5 Å². The van der Waals surface area contributed by atoms with Crippen molar-refractivity contribution in [1.82, 2.24) is 9.88 Å². The number of aliphatic hydroxyl groups excluding tert-OH is 2. The Morgan fingerprint density at radius 1 is 1.27 bits per heavy atom. The zero-order valence-electron chi connectivity index (χ0n) is 17.9.